The van der Waals surface area contributed by atoms with Crippen LogP contribution in [-0.4, -0.2) is 18.6 Å². The Morgan fingerprint density at radius 2 is 1.74 bits per heavy atom. The lowest BCUT2D eigenvalue weighted by Crippen LogP contribution is -2.23. The van der Waals surface area contributed by atoms with Crippen LogP contribution in [0.15, 0.2) is 64.0 Å². The first-order valence-corrected chi connectivity index (χ1v) is 8.47. The minimum atomic E-state index is -3.57. The summed E-state index contributed by atoms with van der Waals surface area (Å²) in [6.07, 6.45) is 0. The second-order valence-corrected chi connectivity index (χ2v) is 6.74. The van der Waals surface area contributed by atoms with Gasteiger partial charge in [-0.05, 0) is 29.8 Å². The average Bonchev–Trinajstić information content (AvgIpc) is 3.01. The molecule has 0 aliphatic carbocycles. The highest BCUT2D eigenvalue weighted by molar-refractivity contribution is 7.89. The first kappa shape index (κ1) is 15.4. The molecule has 3 aromatic rings. The molecule has 2 aromatic carbocycles. The molecule has 0 saturated carbocycles. The van der Waals surface area contributed by atoms with Gasteiger partial charge in [0.1, 0.15) is 0 Å². The number of sulfonamides is 1. The molecule has 0 unspecified atom stereocenters. The zero-order valence-electron chi connectivity index (χ0n) is 12.4. The Labute approximate surface area is 134 Å². The number of rotatable bonds is 5. The van der Waals surface area contributed by atoms with Crippen molar-refractivity contribution < 1.29 is 12.9 Å². The summed E-state index contributed by atoms with van der Waals surface area (Å²) in [6.45, 7) is 1.94. The molecule has 0 aliphatic heterocycles. The van der Waals surface area contributed by atoms with Crippen molar-refractivity contribution in [2.24, 2.45) is 0 Å². The van der Waals surface area contributed by atoms with Crippen LogP contribution in [0.3, 0.4) is 0 Å². The lowest BCUT2D eigenvalue weighted by Gasteiger charge is -2.07. The van der Waals surface area contributed by atoms with Crippen LogP contribution >= 0.6 is 0 Å². The number of nitrogens with zero attached hydrogens (tertiary/aromatic N) is 2. The summed E-state index contributed by atoms with van der Waals surface area (Å²) >= 11 is 0. The Balaban J connectivity index is 1.75. The molecule has 0 spiro atoms. The third-order valence-corrected chi connectivity index (χ3v) is 4.68. The largest absolute Gasteiger partial charge is 0.339 e. The van der Waals surface area contributed by atoms with Crippen molar-refractivity contribution >= 4 is 10.0 Å². The first-order valence-electron chi connectivity index (χ1n) is 6.99. The second-order valence-electron chi connectivity index (χ2n) is 4.97. The maximum atomic E-state index is 12.3. The number of hydrogen-bond acceptors (Lipinski definition) is 5. The van der Waals surface area contributed by atoms with Gasteiger partial charge >= 0.3 is 0 Å². The van der Waals surface area contributed by atoms with E-state index in [0.29, 0.717) is 17.3 Å². The molecule has 6 nitrogen and oxygen atoms in total. The highest BCUT2D eigenvalue weighted by Gasteiger charge is 2.14. The summed E-state index contributed by atoms with van der Waals surface area (Å²) in [5, 5.41) is 3.80. The summed E-state index contributed by atoms with van der Waals surface area (Å²) in [6, 6.07) is 15.7. The van der Waals surface area contributed by atoms with Crippen LogP contribution in [0.25, 0.3) is 11.4 Å². The van der Waals surface area contributed by atoms with E-state index in [9.17, 15) is 8.42 Å². The molecule has 23 heavy (non-hydrogen) atoms. The number of hydrogen-bond donors (Lipinski definition) is 1. The maximum absolute atomic E-state index is 12.3. The van der Waals surface area contributed by atoms with Crippen LogP contribution in [0.4, 0.5) is 0 Å². The summed E-state index contributed by atoms with van der Waals surface area (Å²) in [5.74, 6) is 0.893. The number of nitrogens with one attached hydrogen (secondary N) is 1. The van der Waals surface area contributed by atoms with Gasteiger partial charge in [-0.15, -0.1) is 0 Å². The van der Waals surface area contributed by atoms with Crippen LogP contribution in [0.2, 0.25) is 0 Å². The summed E-state index contributed by atoms with van der Waals surface area (Å²) in [4.78, 5) is 4.30. The molecule has 0 bridgehead atoms. The molecule has 3 rings (SSSR count). The van der Waals surface area contributed by atoms with E-state index in [-0.39, 0.29) is 11.4 Å². The molecule has 0 atom stereocenters. The van der Waals surface area contributed by atoms with Gasteiger partial charge in [-0.2, -0.15) is 4.98 Å². The van der Waals surface area contributed by atoms with Crippen LogP contribution in [-0.2, 0) is 16.6 Å². The molecule has 1 heterocycles. The zero-order chi connectivity index (χ0) is 16.3. The lowest BCUT2D eigenvalue weighted by molar-refractivity contribution is 0.394. The standard InChI is InChI=1S/C16H15N3O3S/c1-12-18-16(19-22-12)14-7-9-15(10-8-14)23(20,21)17-11-13-5-3-2-4-6-13/h2-10,17H,11H2,1H3. The minimum Gasteiger partial charge on any atom is -0.339 e. The van der Waals surface area contributed by atoms with Gasteiger partial charge in [-0.25, -0.2) is 13.1 Å². The fourth-order valence-electron chi connectivity index (χ4n) is 2.06. The molecular formula is C16H15N3O3S. The molecule has 0 fully saturated rings. The molecule has 0 amide bonds. The molecule has 118 valence electrons. The highest BCUT2D eigenvalue weighted by atomic mass is 32.2. The molecule has 0 radical (unpaired) electrons. The summed E-state index contributed by atoms with van der Waals surface area (Å²) in [5.41, 5.74) is 1.60. The first-order chi connectivity index (χ1) is 11.0. The summed E-state index contributed by atoms with van der Waals surface area (Å²) < 4.78 is 32.1. The van der Waals surface area contributed by atoms with E-state index >= 15 is 0 Å². The van der Waals surface area contributed by atoms with Gasteiger partial charge in [0, 0.05) is 19.0 Å². The molecule has 7 heteroatoms. The average molecular weight is 329 g/mol. The van der Waals surface area contributed by atoms with Gasteiger partial charge in [0.25, 0.3) is 0 Å². The fraction of sp³-hybridized carbons (Fsp3) is 0.125. The third-order valence-electron chi connectivity index (χ3n) is 3.26. The van der Waals surface area contributed by atoms with Gasteiger partial charge in [0.15, 0.2) is 0 Å². The third kappa shape index (κ3) is 3.64. The Hall–Kier alpha value is -2.51. The molecule has 0 saturated heterocycles. The molecule has 0 aliphatic rings. The predicted octanol–water partition coefficient (Wildman–Crippen LogP) is 2.52. The van der Waals surface area contributed by atoms with Crippen molar-refractivity contribution in [1.82, 2.24) is 14.9 Å². The summed E-state index contributed by atoms with van der Waals surface area (Å²) in [7, 11) is -3.57. The van der Waals surface area contributed by atoms with E-state index in [4.69, 9.17) is 4.52 Å². The van der Waals surface area contributed by atoms with Gasteiger partial charge in [0.05, 0.1) is 4.90 Å². The molecule has 1 aromatic heterocycles. The van der Waals surface area contributed by atoms with E-state index in [1.807, 2.05) is 30.3 Å². The van der Waals surface area contributed by atoms with Gasteiger partial charge in [-0.3, -0.25) is 0 Å². The van der Waals surface area contributed by atoms with E-state index in [2.05, 4.69) is 14.9 Å². The lowest BCUT2D eigenvalue weighted by atomic mass is 10.2. The SMILES string of the molecule is Cc1nc(-c2ccc(S(=O)(=O)NCc3ccccc3)cc2)no1. The number of aromatic nitrogens is 2. The van der Waals surface area contributed by atoms with Crippen molar-refractivity contribution in [1.29, 1.82) is 0 Å². The van der Waals surface area contributed by atoms with Crippen molar-refractivity contribution in [3.8, 4) is 11.4 Å². The fourth-order valence-corrected chi connectivity index (χ4v) is 3.07. The maximum Gasteiger partial charge on any atom is 0.240 e. The Morgan fingerprint density at radius 1 is 1.04 bits per heavy atom. The predicted molar refractivity (Wildman–Crippen MR) is 84.9 cm³/mol. The van der Waals surface area contributed by atoms with Gasteiger partial charge < -0.3 is 4.52 Å². The molecule has 1 N–H and O–H groups in total. The Bertz CT molecular complexity index is 888. The van der Waals surface area contributed by atoms with Crippen LogP contribution in [0.5, 0.6) is 0 Å². The minimum absolute atomic E-state index is 0.192. The quantitative estimate of drug-likeness (QED) is 0.777. The number of benzene rings is 2. The van der Waals surface area contributed by atoms with E-state index in [0.717, 1.165) is 5.56 Å². The van der Waals surface area contributed by atoms with Crippen LogP contribution in [0, 0.1) is 6.92 Å². The van der Waals surface area contributed by atoms with Crippen molar-refractivity contribution in [2.75, 3.05) is 0 Å². The molecular weight excluding hydrogens is 314 g/mol. The number of aryl methyl sites for hydroxylation is 1. The van der Waals surface area contributed by atoms with Crippen molar-refractivity contribution in [2.45, 2.75) is 18.4 Å². The van der Waals surface area contributed by atoms with Gasteiger partial charge in [-0.1, -0.05) is 35.5 Å². The van der Waals surface area contributed by atoms with E-state index in [1.54, 1.807) is 19.1 Å². The second kappa shape index (κ2) is 6.31. The van der Waals surface area contributed by atoms with E-state index < -0.39 is 10.0 Å². The van der Waals surface area contributed by atoms with Gasteiger partial charge in [0.2, 0.25) is 21.7 Å². The van der Waals surface area contributed by atoms with Crippen molar-refractivity contribution in [3.63, 3.8) is 0 Å². The monoisotopic (exact) mass is 329 g/mol. The topological polar surface area (TPSA) is 85.1 Å². The van der Waals surface area contributed by atoms with Crippen molar-refractivity contribution in [3.05, 3.63) is 66.1 Å². The van der Waals surface area contributed by atoms with Crippen LogP contribution in [0.1, 0.15) is 11.5 Å². The highest BCUT2D eigenvalue weighted by Crippen LogP contribution is 2.18. The van der Waals surface area contributed by atoms with Crippen LogP contribution < -0.4 is 4.72 Å². The smallest absolute Gasteiger partial charge is 0.240 e. The van der Waals surface area contributed by atoms with E-state index in [1.165, 1.54) is 12.1 Å². The zero-order valence-corrected chi connectivity index (χ0v) is 13.2. The Morgan fingerprint density at radius 3 is 2.35 bits per heavy atom. The normalized spacial score (nSPS) is 11.5. The Kier molecular flexibility index (Phi) is 4.22.